The molecule has 1 heterocycles. The lowest BCUT2D eigenvalue weighted by atomic mass is 10.1. The van der Waals surface area contributed by atoms with Crippen LogP contribution in [0.25, 0.3) is 11.0 Å². The molecule has 116 valence electrons. The Morgan fingerprint density at radius 1 is 1.13 bits per heavy atom. The third-order valence-corrected chi connectivity index (χ3v) is 3.63. The minimum atomic E-state index is -0.445. The Bertz CT molecular complexity index is 927. The summed E-state index contributed by atoms with van der Waals surface area (Å²) < 4.78 is 18.8. The van der Waals surface area contributed by atoms with Crippen LogP contribution in [0, 0.1) is 12.7 Å². The van der Waals surface area contributed by atoms with Crippen LogP contribution in [-0.4, -0.2) is 11.7 Å². The van der Waals surface area contributed by atoms with Crippen LogP contribution in [0.3, 0.4) is 0 Å². The first-order valence-corrected chi connectivity index (χ1v) is 7.06. The van der Waals surface area contributed by atoms with Crippen LogP contribution in [0.2, 0.25) is 0 Å². The topological polar surface area (TPSA) is 59.3 Å². The van der Waals surface area contributed by atoms with Gasteiger partial charge in [-0.1, -0.05) is 12.1 Å². The van der Waals surface area contributed by atoms with Gasteiger partial charge in [0, 0.05) is 22.2 Å². The van der Waals surface area contributed by atoms with E-state index >= 15 is 0 Å². The number of hydrogen-bond acceptors (Lipinski definition) is 3. The summed E-state index contributed by atoms with van der Waals surface area (Å²) in [6, 6.07) is 10.7. The molecule has 23 heavy (non-hydrogen) atoms. The SMILES string of the molecule is CC(=O)c1cccc(NC(=O)c2oc3ccc(F)cc3c2C)c1. The fraction of sp³-hybridized carbons (Fsp3) is 0.111. The summed E-state index contributed by atoms with van der Waals surface area (Å²) in [5.74, 6) is -0.794. The van der Waals surface area contributed by atoms with Crippen molar-refractivity contribution in [2.75, 3.05) is 5.32 Å². The van der Waals surface area contributed by atoms with Crippen LogP contribution in [0.4, 0.5) is 10.1 Å². The van der Waals surface area contributed by atoms with Crippen LogP contribution in [-0.2, 0) is 0 Å². The van der Waals surface area contributed by atoms with E-state index in [0.29, 0.717) is 27.8 Å². The third kappa shape index (κ3) is 2.85. The molecule has 0 fully saturated rings. The van der Waals surface area contributed by atoms with Crippen molar-refractivity contribution in [3.05, 3.63) is 65.2 Å². The molecule has 0 saturated heterocycles. The standard InChI is InChI=1S/C18H14FNO3/c1-10-15-9-13(19)6-7-16(15)23-17(10)18(22)20-14-5-3-4-12(8-14)11(2)21/h3-9H,1-2H3,(H,20,22). The molecule has 0 aliphatic carbocycles. The van der Waals surface area contributed by atoms with Gasteiger partial charge in [-0.05, 0) is 44.2 Å². The molecule has 0 atom stereocenters. The third-order valence-electron chi connectivity index (χ3n) is 3.63. The van der Waals surface area contributed by atoms with E-state index in [1.165, 1.54) is 25.1 Å². The van der Waals surface area contributed by atoms with Crippen molar-refractivity contribution in [1.82, 2.24) is 0 Å². The van der Waals surface area contributed by atoms with Gasteiger partial charge >= 0.3 is 0 Å². The minimum absolute atomic E-state index is 0.0866. The highest BCUT2D eigenvalue weighted by Gasteiger charge is 2.18. The van der Waals surface area contributed by atoms with Crippen molar-refractivity contribution in [2.24, 2.45) is 0 Å². The van der Waals surface area contributed by atoms with E-state index in [2.05, 4.69) is 5.32 Å². The zero-order chi connectivity index (χ0) is 16.6. The average Bonchev–Trinajstić information content (AvgIpc) is 2.84. The summed E-state index contributed by atoms with van der Waals surface area (Å²) in [7, 11) is 0. The molecular weight excluding hydrogens is 297 g/mol. The number of nitrogens with one attached hydrogen (secondary N) is 1. The van der Waals surface area contributed by atoms with E-state index in [-0.39, 0.29) is 17.4 Å². The highest BCUT2D eigenvalue weighted by Crippen LogP contribution is 2.26. The van der Waals surface area contributed by atoms with Gasteiger partial charge in [0.2, 0.25) is 0 Å². The number of amides is 1. The van der Waals surface area contributed by atoms with E-state index in [1.807, 2.05) is 0 Å². The molecule has 3 aromatic rings. The van der Waals surface area contributed by atoms with Crippen LogP contribution in [0.1, 0.15) is 33.4 Å². The van der Waals surface area contributed by atoms with E-state index < -0.39 is 5.91 Å². The molecule has 2 aromatic carbocycles. The average molecular weight is 311 g/mol. The Morgan fingerprint density at radius 3 is 2.65 bits per heavy atom. The largest absolute Gasteiger partial charge is 0.451 e. The molecule has 0 unspecified atom stereocenters. The molecule has 1 N–H and O–H groups in total. The smallest absolute Gasteiger partial charge is 0.291 e. The molecular formula is C18H14FNO3. The zero-order valence-corrected chi connectivity index (χ0v) is 12.6. The van der Waals surface area contributed by atoms with E-state index in [4.69, 9.17) is 4.42 Å². The number of Topliss-reactive ketones (excluding diaryl/α,β-unsaturated/α-hetero) is 1. The summed E-state index contributed by atoms with van der Waals surface area (Å²) in [6.45, 7) is 3.16. The predicted octanol–water partition coefficient (Wildman–Crippen LogP) is 4.34. The number of hydrogen-bond donors (Lipinski definition) is 1. The second kappa shape index (κ2) is 5.68. The number of carbonyl (C=O) groups is 2. The lowest BCUT2D eigenvalue weighted by Gasteiger charge is -2.05. The highest BCUT2D eigenvalue weighted by atomic mass is 19.1. The van der Waals surface area contributed by atoms with Crippen LogP contribution >= 0.6 is 0 Å². The number of furan rings is 1. The Labute approximate surface area is 131 Å². The molecule has 3 rings (SSSR count). The molecule has 1 aromatic heterocycles. The molecule has 0 spiro atoms. The van der Waals surface area contributed by atoms with Gasteiger partial charge in [-0.25, -0.2) is 4.39 Å². The van der Waals surface area contributed by atoms with Crippen molar-refractivity contribution < 1.29 is 18.4 Å². The number of anilines is 1. The molecule has 4 nitrogen and oxygen atoms in total. The van der Waals surface area contributed by atoms with Crippen LogP contribution in [0.5, 0.6) is 0 Å². The molecule has 1 amide bonds. The Morgan fingerprint density at radius 2 is 1.91 bits per heavy atom. The van der Waals surface area contributed by atoms with Gasteiger partial charge in [0.15, 0.2) is 11.5 Å². The molecule has 0 bridgehead atoms. The Balaban J connectivity index is 1.93. The highest BCUT2D eigenvalue weighted by molar-refractivity contribution is 6.07. The Hall–Kier alpha value is -2.95. The number of rotatable bonds is 3. The van der Waals surface area contributed by atoms with Gasteiger partial charge in [0.25, 0.3) is 5.91 Å². The number of fused-ring (bicyclic) bond motifs is 1. The van der Waals surface area contributed by atoms with Crippen molar-refractivity contribution in [3.8, 4) is 0 Å². The summed E-state index contributed by atoms with van der Waals surface area (Å²) in [5.41, 5.74) is 2.02. The van der Waals surface area contributed by atoms with Gasteiger partial charge in [-0.3, -0.25) is 9.59 Å². The van der Waals surface area contributed by atoms with Crippen LogP contribution in [0.15, 0.2) is 46.9 Å². The lowest BCUT2D eigenvalue weighted by molar-refractivity contribution is 0.0993. The summed E-state index contributed by atoms with van der Waals surface area (Å²) in [4.78, 5) is 23.8. The zero-order valence-electron chi connectivity index (χ0n) is 12.6. The normalized spacial score (nSPS) is 10.7. The summed E-state index contributed by atoms with van der Waals surface area (Å²) in [6.07, 6.45) is 0. The number of halogens is 1. The van der Waals surface area contributed by atoms with E-state index in [1.54, 1.807) is 31.2 Å². The number of carbonyl (C=O) groups excluding carboxylic acids is 2. The fourth-order valence-electron chi connectivity index (χ4n) is 2.41. The van der Waals surface area contributed by atoms with Crippen molar-refractivity contribution >= 4 is 28.3 Å². The summed E-state index contributed by atoms with van der Waals surface area (Å²) >= 11 is 0. The maximum absolute atomic E-state index is 13.3. The second-order valence-electron chi connectivity index (χ2n) is 5.29. The van der Waals surface area contributed by atoms with Crippen molar-refractivity contribution in [2.45, 2.75) is 13.8 Å². The monoisotopic (exact) mass is 311 g/mol. The molecule has 5 heteroatoms. The summed E-state index contributed by atoms with van der Waals surface area (Å²) in [5, 5.41) is 3.25. The number of benzene rings is 2. The maximum atomic E-state index is 13.3. The molecule has 0 radical (unpaired) electrons. The fourth-order valence-corrected chi connectivity index (χ4v) is 2.41. The van der Waals surface area contributed by atoms with Crippen LogP contribution < -0.4 is 5.32 Å². The lowest BCUT2D eigenvalue weighted by Crippen LogP contribution is -2.12. The molecule has 0 aliphatic heterocycles. The van der Waals surface area contributed by atoms with E-state index in [0.717, 1.165) is 0 Å². The molecule has 0 aliphatic rings. The first-order chi connectivity index (χ1) is 11.0. The van der Waals surface area contributed by atoms with Gasteiger partial charge in [0.1, 0.15) is 11.4 Å². The number of ketones is 1. The minimum Gasteiger partial charge on any atom is -0.451 e. The van der Waals surface area contributed by atoms with Gasteiger partial charge in [0.05, 0.1) is 0 Å². The first kappa shape index (κ1) is 15.0. The van der Waals surface area contributed by atoms with Gasteiger partial charge < -0.3 is 9.73 Å². The van der Waals surface area contributed by atoms with Crippen molar-refractivity contribution in [3.63, 3.8) is 0 Å². The van der Waals surface area contributed by atoms with Gasteiger partial charge in [-0.15, -0.1) is 0 Å². The van der Waals surface area contributed by atoms with E-state index in [9.17, 15) is 14.0 Å². The molecule has 0 saturated carbocycles. The maximum Gasteiger partial charge on any atom is 0.291 e. The first-order valence-electron chi connectivity index (χ1n) is 7.06. The van der Waals surface area contributed by atoms with Crippen molar-refractivity contribution in [1.29, 1.82) is 0 Å². The van der Waals surface area contributed by atoms with Gasteiger partial charge in [-0.2, -0.15) is 0 Å². The quantitative estimate of drug-likeness (QED) is 0.732. The predicted molar refractivity (Wildman–Crippen MR) is 85.3 cm³/mol. The number of aryl methyl sites for hydroxylation is 1. The Kier molecular flexibility index (Phi) is 3.70. The second-order valence-corrected chi connectivity index (χ2v) is 5.29.